The van der Waals surface area contributed by atoms with Gasteiger partial charge in [0.25, 0.3) is 0 Å². The number of benzene rings is 1. The zero-order valence-electron chi connectivity index (χ0n) is 12.0. The molecule has 0 saturated carbocycles. The number of aliphatic hydroxyl groups excluding tert-OH is 1. The molecule has 21 heavy (non-hydrogen) atoms. The quantitative estimate of drug-likeness (QED) is 0.799. The summed E-state index contributed by atoms with van der Waals surface area (Å²) in [4.78, 5) is 11.5. The molecule has 1 heterocycles. The lowest BCUT2D eigenvalue weighted by Gasteiger charge is -2.19. The predicted molar refractivity (Wildman–Crippen MR) is 77.8 cm³/mol. The first-order valence-electron chi connectivity index (χ1n) is 6.76. The number of anilines is 1. The Kier molecular flexibility index (Phi) is 4.75. The Morgan fingerprint density at radius 1 is 1.38 bits per heavy atom. The van der Waals surface area contributed by atoms with Gasteiger partial charge < -0.3 is 14.8 Å². The summed E-state index contributed by atoms with van der Waals surface area (Å²) >= 11 is 0. The summed E-state index contributed by atoms with van der Waals surface area (Å²) in [7, 11) is 0. The number of hydrogen-bond donors (Lipinski definition) is 2. The minimum Gasteiger partial charge on any atom is -0.467 e. The summed E-state index contributed by atoms with van der Waals surface area (Å²) in [6, 6.07) is 7.68. The molecular formula is C16H18FNO3. The van der Waals surface area contributed by atoms with Gasteiger partial charge in [-0.25, -0.2) is 4.39 Å². The highest BCUT2D eigenvalue weighted by atomic mass is 19.1. The van der Waals surface area contributed by atoms with Crippen LogP contribution < -0.4 is 5.32 Å². The molecule has 4 nitrogen and oxygen atoms in total. The number of aliphatic hydroxyl groups is 1. The molecule has 2 atom stereocenters. The zero-order chi connectivity index (χ0) is 15.4. The van der Waals surface area contributed by atoms with Crippen molar-refractivity contribution in [3.8, 4) is 0 Å². The molecule has 1 aromatic carbocycles. The maximum absolute atomic E-state index is 13.7. The minimum atomic E-state index is -0.753. The molecule has 0 aliphatic heterocycles. The monoisotopic (exact) mass is 291 g/mol. The van der Waals surface area contributed by atoms with Crippen LogP contribution in [0.1, 0.15) is 42.5 Å². The number of carbonyl (C=O) groups excluding carboxylic acids is 1. The van der Waals surface area contributed by atoms with Crippen LogP contribution in [0.25, 0.3) is 0 Å². The van der Waals surface area contributed by atoms with E-state index in [9.17, 15) is 14.3 Å². The Bertz CT molecular complexity index is 610. The largest absolute Gasteiger partial charge is 0.467 e. The first kappa shape index (κ1) is 15.3. The van der Waals surface area contributed by atoms with Crippen LogP contribution in [0.4, 0.5) is 10.1 Å². The van der Waals surface area contributed by atoms with Crippen molar-refractivity contribution in [2.45, 2.75) is 32.4 Å². The SMILES string of the molecule is CC(=O)c1c(F)cccc1N[C@@H](C)C[C@@H](O)c1ccco1. The van der Waals surface area contributed by atoms with Crippen LogP contribution in [0, 0.1) is 5.82 Å². The van der Waals surface area contributed by atoms with Crippen LogP contribution >= 0.6 is 0 Å². The van der Waals surface area contributed by atoms with Crippen molar-refractivity contribution in [2.75, 3.05) is 5.32 Å². The third-order valence-electron chi connectivity index (χ3n) is 3.22. The third-order valence-corrected chi connectivity index (χ3v) is 3.22. The Balaban J connectivity index is 2.08. The first-order chi connectivity index (χ1) is 9.99. The average molecular weight is 291 g/mol. The topological polar surface area (TPSA) is 62.5 Å². The summed E-state index contributed by atoms with van der Waals surface area (Å²) < 4.78 is 18.8. The molecule has 0 radical (unpaired) electrons. The number of nitrogens with one attached hydrogen (secondary N) is 1. The average Bonchev–Trinajstić information content (AvgIpc) is 2.91. The van der Waals surface area contributed by atoms with Gasteiger partial charge in [0, 0.05) is 18.2 Å². The van der Waals surface area contributed by atoms with Gasteiger partial charge in [0.05, 0.1) is 11.8 Å². The molecule has 0 spiro atoms. The van der Waals surface area contributed by atoms with Gasteiger partial charge in [0.2, 0.25) is 0 Å². The molecule has 5 heteroatoms. The number of carbonyl (C=O) groups is 1. The highest BCUT2D eigenvalue weighted by molar-refractivity contribution is 5.99. The zero-order valence-corrected chi connectivity index (χ0v) is 12.0. The van der Waals surface area contributed by atoms with Gasteiger partial charge in [-0.1, -0.05) is 6.07 Å². The number of hydrogen-bond acceptors (Lipinski definition) is 4. The molecule has 0 bridgehead atoms. The highest BCUT2D eigenvalue weighted by Gasteiger charge is 2.18. The van der Waals surface area contributed by atoms with Crippen LogP contribution in [-0.2, 0) is 0 Å². The fraction of sp³-hybridized carbons (Fsp3) is 0.312. The summed E-state index contributed by atoms with van der Waals surface area (Å²) in [6.45, 7) is 3.17. The summed E-state index contributed by atoms with van der Waals surface area (Å²) in [5.74, 6) is -0.407. The lowest BCUT2D eigenvalue weighted by Crippen LogP contribution is -2.20. The van der Waals surface area contributed by atoms with Gasteiger partial charge in [-0.05, 0) is 38.1 Å². The molecule has 2 aromatic rings. The molecule has 0 aliphatic rings. The van der Waals surface area contributed by atoms with E-state index in [1.165, 1.54) is 19.3 Å². The van der Waals surface area contributed by atoms with Gasteiger partial charge in [0.1, 0.15) is 17.7 Å². The Morgan fingerprint density at radius 2 is 2.14 bits per heavy atom. The normalized spacial score (nSPS) is 13.7. The first-order valence-corrected chi connectivity index (χ1v) is 6.76. The standard InChI is InChI=1S/C16H18FNO3/c1-10(9-14(20)15-7-4-8-21-15)18-13-6-3-5-12(17)16(13)11(2)19/h3-8,10,14,18,20H,9H2,1-2H3/t10-,14+/m0/s1. The van der Waals surface area contributed by atoms with Crippen LogP contribution in [0.2, 0.25) is 0 Å². The number of Topliss-reactive ketones (excluding diaryl/α,β-unsaturated/α-hetero) is 1. The smallest absolute Gasteiger partial charge is 0.164 e. The van der Waals surface area contributed by atoms with Gasteiger partial charge in [0.15, 0.2) is 5.78 Å². The maximum atomic E-state index is 13.7. The van der Waals surface area contributed by atoms with Crippen molar-refractivity contribution >= 4 is 11.5 Å². The number of ketones is 1. The molecule has 0 unspecified atom stereocenters. The number of furan rings is 1. The molecule has 112 valence electrons. The minimum absolute atomic E-state index is 0.0387. The summed E-state index contributed by atoms with van der Waals surface area (Å²) in [6.07, 6.45) is 1.12. The highest BCUT2D eigenvalue weighted by Crippen LogP contribution is 2.24. The maximum Gasteiger partial charge on any atom is 0.164 e. The predicted octanol–water partition coefficient (Wildman–Crippen LogP) is 3.55. The van der Waals surface area contributed by atoms with Crippen LogP contribution in [-0.4, -0.2) is 16.9 Å². The van der Waals surface area contributed by atoms with Crippen LogP contribution in [0.15, 0.2) is 41.0 Å². The van der Waals surface area contributed by atoms with E-state index in [4.69, 9.17) is 4.42 Å². The molecule has 0 aliphatic carbocycles. The van der Waals surface area contributed by atoms with Crippen molar-refractivity contribution in [3.05, 3.63) is 53.7 Å². The molecule has 0 saturated heterocycles. The van der Waals surface area contributed by atoms with Crippen molar-refractivity contribution < 1.29 is 18.7 Å². The van der Waals surface area contributed by atoms with Gasteiger partial charge in [-0.2, -0.15) is 0 Å². The fourth-order valence-corrected chi connectivity index (χ4v) is 2.26. The van der Waals surface area contributed by atoms with Gasteiger partial charge >= 0.3 is 0 Å². The Labute approximate surface area is 122 Å². The van der Waals surface area contributed by atoms with E-state index in [1.807, 2.05) is 6.92 Å². The van der Waals surface area contributed by atoms with Crippen molar-refractivity contribution in [2.24, 2.45) is 0 Å². The Morgan fingerprint density at radius 3 is 2.76 bits per heavy atom. The molecular weight excluding hydrogens is 273 g/mol. The molecule has 2 rings (SSSR count). The second-order valence-electron chi connectivity index (χ2n) is 5.03. The fourth-order valence-electron chi connectivity index (χ4n) is 2.26. The Hall–Kier alpha value is -2.14. The molecule has 0 amide bonds. The third kappa shape index (κ3) is 3.70. The lowest BCUT2D eigenvalue weighted by atomic mass is 10.1. The van der Waals surface area contributed by atoms with E-state index in [1.54, 1.807) is 24.3 Å². The van der Waals surface area contributed by atoms with Crippen molar-refractivity contribution in [1.29, 1.82) is 0 Å². The van der Waals surface area contributed by atoms with E-state index in [2.05, 4.69) is 5.32 Å². The van der Waals surface area contributed by atoms with Crippen LogP contribution in [0.5, 0.6) is 0 Å². The lowest BCUT2D eigenvalue weighted by molar-refractivity contribution is 0.101. The van der Waals surface area contributed by atoms with E-state index in [0.29, 0.717) is 17.9 Å². The second-order valence-corrected chi connectivity index (χ2v) is 5.03. The van der Waals surface area contributed by atoms with Crippen molar-refractivity contribution in [3.63, 3.8) is 0 Å². The second kappa shape index (κ2) is 6.54. The summed E-state index contributed by atoms with van der Waals surface area (Å²) in [5.41, 5.74) is 0.471. The van der Waals surface area contributed by atoms with E-state index in [-0.39, 0.29) is 17.4 Å². The molecule has 2 N–H and O–H groups in total. The van der Waals surface area contributed by atoms with Crippen molar-refractivity contribution in [1.82, 2.24) is 0 Å². The van der Waals surface area contributed by atoms with E-state index in [0.717, 1.165) is 0 Å². The molecule has 0 fully saturated rings. The van der Waals surface area contributed by atoms with Gasteiger partial charge in [-0.3, -0.25) is 4.79 Å². The van der Waals surface area contributed by atoms with E-state index >= 15 is 0 Å². The molecule has 1 aromatic heterocycles. The van der Waals surface area contributed by atoms with Crippen LogP contribution in [0.3, 0.4) is 0 Å². The van der Waals surface area contributed by atoms with E-state index < -0.39 is 11.9 Å². The summed E-state index contributed by atoms with van der Waals surface area (Å²) in [5, 5.41) is 13.1. The number of rotatable bonds is 6. The van der Waals surface area contributed by atoms with Gasteiger partial charge in [-0.15, -0.1) is 0 Å². The number of halogens is 1.